The van der Waals surface area contributed by atoms with Crippen molar-refractivity contribution in [2.24, 2.45) is 0 Å². The van der Waals surface area contributed by atoms with Crippen LogP contribution in [0.4, 0.5) is 5.69 Å². The number of halogens is 1. The van der Waals surface area contributed by atoms with Gasteiger partial charge in [0.1, 0.15) is 0 Å². The van der Waals surface area contributed by atoms with Gasteiger partial charge in [0, 0.05) is 30.3 Å². The van der Waals surface area contributed by atoms with Crippen LogP contribution in [0.2, 0.25) is 5.02 Å². The lowest BCUT2D eigenvalue weighted by Crippen LogP contribution is -2.33. The van der Waals surface area contributed by atoms with E-state index in [1.807, 2.05) is 12.1 Å². The van der Waals surface area contributed by atoms with Gasteiger partial charge < -0.3 is 10.2 Å². The minimum Gasteiger partial charge on any atom is -0.370 e. The molecule has 3 heteroatoms. The molecule has 1 heterocycles. The normalized spacial score (nSPS) is 20.6. The summed E-state index contributed by atoms with van der Waals surface area (Å²) in [5.74, 6) is 0. The second kappa shape index (κ2) is 4.42. The average Bonchev–Trinajstić information content (AvgIpc) is 2.74. The highest BCUT2D eigenvalue weighted by molar-refractivity contribution is 6.31. The Labute approximate surface area is 96.2 Å². The zero-order valence-electron chi connectivity index (χ0n) is 9.26. The quantitative estimate of drug-likeness (QED) is 0.830. The predicted molar refractivity (Wildman–Crippen MR) is 65.9 cm³/mol. The average molecular weight is 225 g/mol. The molecule has 82 valence electrons. The van der Waals surface area contributed by atoms with Gasteiger partial charge >= 0.3 is 0 Å². The number of benzene rings is 1. The maximum atomic E-state index is 6.12. The smallest absolute Gasteiger partial charge is 0.0455 e. The molecule has 2 rings (SSSR count). The van der Waals surface area contributed by atoms with Crippen LogP contribution < -0.4 is 10.2 Å². The Kier molecular flexibility index (Phi) is 3.17. The van der Waals surface area contributed by atoms with Crippen LogP contribution in [0.1, 0.15) is 12.0 Å². The Hall–Kier alpha value is -0.730. The monoisotopic (exact) mass is 224 g/mol. The van der Waals surface area contributed by atoms with Crippen molar-refractivity contribution in [2.45, 2.75) is 19.4 Å². The van der Waals surface area contributed by atoms with E-state index in [4.69, 9.17) is 11.6 Å². The van der Waals surface area contributed by atoms with Crippen LogP contribution in [0.25, 0.3) is 0 Å². The summed E-state index contributed by atoms with van der Waals surface area (Å²) in [5.41, 5.74) is 2.42. The van der Waals surface area contributed by atoms with E-state index in [1.54, 1.807) is 0 Å². The summed E-state index contributed by atoms with van der Waals surface area (Å²) in [6.45, 7) is 4.27. The minimum absolute atomic E-state index is 0.599. The molecule has 1 aliphatic heterocycles. The summed E-state index contributed by atoms with van der Waals surface area (Å²) in [7, 11) is 2.15. The van der Waals surface area contributed by atoms with Crippen molar-refractivity contribution in [1.82, 2.24) is 5.32 Å². The molecule has 1 atom stereocenters. The van der Waals surface area contributed by atoms with E-state index in [0.29, 0.717) is 6.04 Å². The van der Waals surface area contributed by atoms with Crippen molar-refractivity contribution in [1.29, 1.82) is 0 Å². The first-order chi connectivity index (χ1) is 7.20. The minimum atomic E-state index is 0.599. The van der Waals surface area contributed by atoms with Crippen LogP contribution in [-0.4, -0.2) is 26.2 Å². The van der Waals surface area contributed by atoms with Gasteiger partial charge in [0.15, 0.2) is 0 Å². The SMILES string of the molecule is Cc1c(Cl)cccc1N(C)C1CCNC1. The first-order valence-electron chi connectivity index (χ1n) is 5.39. The Balaban J connectivity index is 2.24. The topological polar surface area (TPSA) is 15.3 Å². The van der Waals surface area contributed by atoms with Gasteiger partial charge in [-0.25, -0.2) is 0 Å². The summed E-state index contributed by atoms with van der Waals surface area (Å²) >= 11 is 6.12. The molecular weight excluding hydrogens is 208 g/mol. The second-order valence-corrected chi connectivity index (χ2v) is 4.55. The summed E-state index contributed by atoms with van der Waals surface area (Å²) in [6, 6.07) is 6.70. The zero-order valence-corrected chi connectivity index (χ0v) is 10.0. The maximum Gasteiger partial charge on any atom is 0.0455 e. The van der Waals surface area contributed by atoms with Gasteiger partial charge in [0.25, 0.3) is 0 Å². The van der Waals surface area contributed by atoms with Crippen molar-refractivity contribution in [3.8, 4) is 0 Å². The van der Waals surface area contributed by atoms with E-state index >= 15 is 0 Å². The molecule has 1 aliphatic rings. The Morgan fingerprint density at radius 1 is 1.47 bits per heavy atom. The lowest BCUT2D eigenvalue weighted by Gasteiger charge is -2.27. The molecule has 1 unspecified atom stereocenters. The molecule has 1 aromatic rings. The molecule has 0 radical (unpaired) electrons. The summed E-state index contributed by atoms with van der Waals surface area (Å²) in [6.07, 6.45) is 1.21. The van der Waals surface area contributed by atoms with Gasteiger partial charge in [-0.1, -0.05) is 17.7 Å². The zero-order chi connectivity index (χ0) is 10.8. The van der Waals surface area contributed by atoms with Crippen molar-refractivity contribution in [3.05, 3.63) is 28.8 Å². The third-order valence-corrected chi connectivity index (χ3v) is 3.61. The molecule has 1 saturated heterocycles. The van der Waals surface area contributed by atoms with Crippen molar-refractivity contribution >= 4 is 17.3 Å². The fourth-order valence-electron chi connectivity index (χ4n) is 2.14. The second-order valence-electron chi connectivity index (χ2n) is 4.14. The van der Waals surface area contributed by atoms with Crippen molar-refractivity contribution < 1.29 is 0 Å². The number of rotatable bonds is 2. The van der Waals surface area contributed by atoms with Crippen LogP contribution >= 0.6 is 11.6 Å². The Morgan fingerprint density at radius 2 is 2.27 bits per heavy atom. The van der Waals surface area contributed by atoms with Crippen LogP contribution in [0, 0.1) is 6.92 Å². The van der Waals surface area contributed by atoms with Crippen LogP contribution in [0.15, 0.2) is 18.2 Å². The van der Waals surface area contributed by atoms with E-state index in [9.17, 15) is 0 Å². The summed E-state index contributed by atoms with van der Waals surface area (Å²) < 4.78 is 0. The first kappa shape index (κ1) is 10.8. The highest BCUT2D eigenvalue weighted by Gasteiger charge is 2.20. The molecule has 0 spiro atoms. The maximum absolute atomic E-state index is 6.12. The Morgan fingerprint density at radius 3 is 2.93 bits per heavy atom. The Bertz CT molecular complexity index is 345. The van der Waals surface area contributed by atoms with Gasteiger partial charge in [-0.15, -0.1) is 0 Å². The van der Waals surface area contributed by atoms with Crippen LogP contribution in [-0.2, 0) is 0 Å². The number of anilines is 1. The van der Waals surface area contributed by atoms with E-state index < -0.39 is 0 Å². The van der Waals surface area contributed by atoms with Gasteiger partial charge in [-0.05, 0) is 37.6 Å². The molecule has 0 saturated carbocycles. The van der Waals surface area contributed by atoms with Crippen molar-refractivity contribution in [3.63, 3.8) is 0 Å². The first-order valence-corrected chi connectivity index (χ1v) is 5.76. The van der Waals surface area contributed by atoms with E-state index in [0.717, 1.165) is 18.1 Å². The van der Waals surface area contributed by atoms with Gasteiger partial charge in [-0.3, -0.25) is 0 Å². The van der Waals surface area contributed by atoms with Gasteiger partial charge in [0.2, 0.25) is 0 Å². The molecule has 1 aromatic carbocycles. The fraction of sp³-hybridized carbons (Fsp3) is 0.500. The molecule has 15 heavy (non-hydrogen) atoms. The van der Waals surface area contributed by atoms with Gasteiger partial charge in [0.05, 0.1) is 0 Å². The molecule has 1 N–H and O–H groups in total. The number of hydrogen-bond donors (Lipinski definition) is 1. The standard InChI is InChI=1S/C12H17ClN2/c1-9-11(13)4-3-5-12(9)15(2)10-6-7-14-8-10/h3-5,10,14H,6-8H2,1-2H3. The summed E-state index contributed by atoms with van der Waals surface area (Å²) in [4.78, 5) is 2.33. The molecular formula is C12H17ClN2. The molecule has 0 aromatic heterocycles. The van der Waals surface area contributed by atoms with Crippen molar-refractivity contribution in [2.75, 3.05) is 25.0 Å². The van der Waals surface area contributed by atoms with E-state index in [1.165, 1.54) is 17.7 Å². The third kappa shape index (κ3) is 2.11. The highest BCUT2D eigenvalue weighted by atomic mass is 35.5. The highest BCUT2D eigenvalue weighted by Crippen LogP contribution is 2.27. The predicted octanol–water partition coefficient (Wildman–Crippen LogP) is 2.45. The lowest BCUT2D eigenvalue weighted by molar-refractivity contribution is 0.684. The summed E-state index contributed by atoms with van der Waals surface area (Å²) in [5, 5.41) is 4.23. The lowest BCUT2D eigenvalue weighted by atomic mass is 10.1. The third-order valence-electron chi connectivity index (χ3n) is 3.20. The number of hydrogen-bond acceptors (Lipinski definition) is 2. The molecule has 2 nitrogen and oxygen atoms in total. The molecule has 0 aliphatic carbocycles. The fourth-order valence-corrected chi connectivity index (χ4v) is 2.31. The molecule has 0 amide bonds. The van der Waals surface area contributed by atoms with Gasteiger partial charge in [-0.2, -0.15) is 0 Å². The number of likely N-dealkylation sites (N-methyl/N-ethyl adjacent to an activating group) is 1. The molecule has 1 fully saturated rings. The van der Waals surface area contributed by atoms with E-state index in [2.05, 4.69) is 30.3 Å². The largest absolute Gasteiger partial charge is 0.370 e. The number of nitrogens with one attached hydrogen (secondary N) is 1. The van der Waals surface area contributed by atoms with Crippen LogP contribution in [0.5, 0.6) is 0 Å². The molecule has 0 bridgehead atoms. The van der Waals surface area contributed by atoms with Crippen LogP contribution in [0.3, 0.4) is 0 Å². The number of nitrogens with zero attached hydrogens (tertiary/aromatic N) is 1. The van der Waals surface area contributed by atoms with E-state index in [-0.39, 0.29) is 0 Å².